The van der Waals surface area contributed by atoms with E-state index in [1.807, 2.05) is 43.5 Å². The van der Waals surface area contributed by atoms with Crippen LogP contribution >= 0.6 is 11.3 Å². The first-order valence-electron chi connectivity index (χ1n) is 8.33. The molecule has 26 heavy (non-hydrogen) atoms. The molecule has 0 saturated heterocycles. The number of amides is 1. The van der Waals surface area contributed by atoms with Crippen molar-refractivity contribution in [2.45, 2.75) is 26.9 Å². The number of ether oxygens (including phenoxy) is 1. The van der Waals surface area contributed by atoms with E-state index in [2.05, 4.69) is 16.2 Å². The van der Waals surface area contributed by atoms with Crippen molar-refractivity contribution in [1.82, 2.24) is 15.0 Å². The normalized spacial score (nSPS) is 10.7. The predicted octanol–water partition coefficient (Wildman–Crippen LogP) is 3.64. The summed E-state index contributed by atoms with van der Waals surface area (Å²) in [6, 6.07) is 9.71. The number of likely N-dealkylation sites (N-methyl/N-ethyl adjacent to an activating group) is 1. The van der Waals surface area contributed by atoms with Gasteiger partial charge in [-0.25, -0.2) is 0 Å². The molecule has 0 N–H and O–H groups in total. The Morgan fingerprint density at radius 2 is 2.04 bits per heavy atom. The molecule has 3 rings (SSSR count). The number of aryl methyl sites for hydroxylation is 2. The lowest BCUT2D eigenvalue weighted by molar-refractivity contribution is 0.0800. The van der Waals surface area contributed by atoms with Gasteiger partial charge < -0.3 is 14.2 Å². The van der Waals surface area contributed by atoms with Crippen LogP contribution in [0.3, 0.4) is 0 Å². The van der Waals surface area contributed by atoms with Crippen molar-refractivity contribution in [3.63, 3.8) is 0 Å². The zero-order valence-corrected chi connectivity index (χ0v) is 15.9. The average Bonchev–Trinajstić information content (AvgIpc) is 3.28. The highest BCUT2D eigenvalue weighted by Crippen LogP contribution is 2.17. The van der Waals surface area contributed by atoms with E-state index in [-0.39, 0.29) is 12.5 Å². The van der Waals surface area contributed by atoms with Crippen LogP contribution in [0.2, 0.25) is 0 Å². The summed E-state index contributed by atoms with van der Waals surface area (Å²) in [6.07, 6.45) is 0.528. The second kappa shape index (κ2) is 8.14. The molecule has 1 aromatic carbocycles. The van der Waals surface area contributed by atoms with Gasteiger partial charge in [-0.15, -0.1) is 11.3 Å². The van der Waals surface area contributed by atoms with Crippen LogP contribution in [0, 0.1) is 13.8 Å². The lowest BCUT2D eigenvalue weighted by Gasteiger charge is -2.14. The highest BCUT2D eigenvalue weighted by molar-refractivity contribution is 7.12. The van der Waals surface area contributed by atoms with Gasteiger partial charge in [-0.1, -0.05) is 17.3 Å². The maximum atomic E-state index is 12.2. The SMILES string of the molecule is Cc1cc(C)cc(OCc2nc(CCN(C)C(=O)c3cccs3)no2)c1. The van der Waals surface area contributed by atoms with Gasteiger partial charge in [0, 0.05) is 20.0 Å². The Balaban J connectivity index is 1.50. The summed E-state index contributed by atoms with van der Waals surface area (Å²) >= 11 is 1.43. The van der Waals surface area contributed by atoms with Gasteiger partial charge in [0.05, 0.1) is 4.88 Å². The summed E-state index contributed by atoms with van der Waals surface area (Å²) in [5.74, 6) is 1.77. The highest BCUT2D eigenvalue weighted by atomic mass is 32.1. The molecule has 7 heteroatoms. The van der Waals surface area contributed by atoms with E-state index in [0.29, 0.717) is 24.7 Å². The monoisotopic (exact) mass is 371 g/mol. The lowest BCUT2D eigenvalue weighted by Crippen LogP contribution is -2.28. The molecule has 2 heterocycles. The molecule has 0 unspecified atom stereocenters. The number of thiophene rings is 1. The second-order valence-electron chi connectivity index (χ2n) is 6.17. The Bertz CT molecular complexity index is 854. The first kappa shape index (κ1) is 18.1. The summed E-state index contributed by atoms with van der Waals surface area (Å²) in [7, 11) is 1.77. The van der Waals surface area contributed by atoms with Crippen LogP contribution in [0.25, 0.3) is 0 Å². The third-order valence-electron chi connectivity index (χ3n) is 3.82. The molecule has 0 aliphatic rings. The van der Waals surface area contributed by atoms with Crippen molar-refractivity contribution in [3.8, 4) is 5.75 Å². The molecule has 0 radical (unpaired) electrons. The van der Waals surface area contributed by atoms with Crippen molar-refractivity contribution in [3.05, 3.63) is 63.4 Å². The number of hydrogen-bond donors (Lipinski definition) is 0. The maximum absolute atomic E-state index is 12.2. The Morgan fingerprint density at radius 1 is 1.27 bits per heavy atom. The van der Waals surface area contributed by atoms with Crippen molar-refractivity contribution < 1.29 is 14.1 Å². The third kappa shape index (κ3) is 4.70. The van der Waals surface area contributed by atoms with E-state index in [9.17, 15) is 4.79 Å². The molecule has 2 aromatic heterocycles. The van der Waals surface area contributed by atoms with Crippen molar-refractivity contribution in [1.29, 1.82) is 0 Å². The minimum Gasteiger partial charge on any atom is -0.484 e. The zero-order chi connectivity index (χ0) is 18.5. The highest BCUT2D eigenvalue weighted by Gasteiger charge is 2.14. The summed E-state index contributed by atoms with van der Waals surface area (Å²) in [6.45, 7) is 4.80. The first-order valence-corrected chi connectivity index (χ1v) is 9.21. The van der Waals surface area contributed by atoms with E-state index in [0.717, 1.165) is 21.8 Å². The fourth-order valence-corrected chi connectivity index (χ4v) is 3.29. The summed E-state index contributed by atoms with van der Waals surface area (Å²) in [5.41, 5.74) is 2.29. The topological polar surface area (TPSA) is 68.5 Å². The fraction of sp³-hybridized carbons (Fsp3) is 0.316. The van der Waals surface area contributed by atoms with Gasteiger partial charge in [0.2, 0.25) is 0 Å². The van der Waals surface area contributed by atoms with Crippen LogP contribution in [-0.4, -0.2) is 34.5 Å². The van der Waals surface area contributed by atoms with Crippen LogP contribution in [0.15, 0.2) is 40.2 Å². The van der Waals surface area contributed by atoms with Crippen LogP contribution < -0.4 is 4.74 Å². The van der Waals surface area contributed by atoms with Gasteiger partial charge in [-0.2, -0.15) is 4.98 Å². The van der Waals surface area contributed by atoms with Gasteiger partial charge in [0.25, 0.3) is 11.8 Å². The first-order chi connectivity index (χ1) is 12.5. The van der Waals surface area contributed by atoms with Crippen molar-refractivity contribution >= 4 is 17.2 Å². The molecule has 0 aliphatic carbocycles. The molecule has 6 nitrogen and oxygen atoms in total. The standard InChI is InChI=1S/C19H21N3O3S/c1-13-9-14(2)11-15(10-13)24-12-18-20-17(21-25-18)6-7-22(3)19(23)16-5-4-8-26-16/h4-5,8-11H,6-7,12H2,1-3H3. The number of carbonyl (C=O) groups excluding carboxylic acids is 1. The molecule has 0 aliphatic heterocycles. The Hall–Kier alpha value is -2.67. The molecule has 0 atom stereocenters. The van der Waals surface area contributed by atoms with E-state index in [4.69, 9.17) is 9.26 Å². The molecular formula is C19H21N3O3S. The van der Waals surface area contributed by atoms with Crippen LogP contribution in [0.4, 0.5) is 0 Å². The largest absolute Gasteiger partial charge is 0.484 e. The minimum absolute atomic E-state index is 0.00173. The molecule has 3 aromatic rings. The molecule has 0 spiro atoms. The minimum atomic E-state index is 0.00173. The van der Waals surface area contributed by atoms with Crippen LogP contribution in [0.1, 0.15) is 32.5 Å². The van der Waals surface area contributed by atoms with E-state index in [1.54, 1.807) is 11.9 Å². The maximum Gasteiger partial charge on any atom is 0.264 e. The molecule has 1 amide bonds. The number of nitrogens with zero attached hydrogens (tertiary/aromatic N) is 3. The summed E-state index contributed by atoms with van der Waals surface area (Å²) < 4.78 is 10.9. The van der Waals surface area contributed by atoms with Gasteiger partial charge in [0.1, 0.15) is 5.75 Å². The fourth-order valence-electron chi connectivity index (χ4n) is 2.57. The number of aromatic nitrogens is 2. The van der Waals surface area contributed by atoms with E-state index in [1.165, 1.54) is 11.3 Å². The molecule has 0 bridgehead atoms. The summed E-state index contributed by atoms with van der Waals surface area (Å²) in [5, 5.41) is 5.85. The zero-order valence-electron chi connectivity index (χ0n) is 15.1. The van der Waals surface area contributed by atoms with Crippen LogP contribution in [-0.2, 0) is 13.0 Å². The Labute approximate surface area is 156 Å². The van der Waals surface area contributed by atoms with Gasteiger partial charge >= 0.3 is 0 Å². The second-order valence-corrected chi connectivity index (χ2v) is 7.12. The number of rotatable bonds is 7. The van der Waals surface area contributed by atoms with Gasteiger partial charge in [-0.3, -0.25) is 4.79 Å². The molecular weight excluding hydrogens is 350 g/mol. The van der Waals surface area contributed by atoms with Crippen molar-refractivity contribution in [2.75, 3.05) is 13.6 Å². The molecule has 136 valence electrons. The van der Waals surface area contributed by atoms with Gasteiger partial charge in [-0.05, 0) is 48.6 Å². The molecule has 0 saturated carbocycles. The Morgan fingerprint density at radius 3 is 2.73 bits per heavy atom. The Kier molecular flexibility index (Phi) is 5.68. The number of carbonyl (C=O) groups is 1. The van der Waals surface area contributed by atoms with E-state index >= 15 is 0 Å². The van der Waals surface area contributed by atoms with Crippen LogP contribution in [0.5, 0.6) is 5.75 Å². The number of benzene rings is 1. The third-order valence-corrected chi connectivity index (χ3v) is 4.67. The lowest BCUT2D eigenvalue weighted by atomic mass is 10.1. The van der Waals surface area contributed by atoms with Gasteiger partial charge in [0.15, 0.2) is 12.4 Å². The van der Waals surface area contributed by atoms with Crippen molar-refractivity contribution in [2.24, 2.45) is 0 Å². The van der Waals surface area contributed by atoms with E-state index < -0.39 is 0 Å². The number of hydrogen-bond acceptors (Lipinski definition) is 6. The smallest absolute Gasteiger partial charge is 0.264 e. The predicted molar refractivity (Wildman–Crippen MR) is 99.5 cm³/mol. The summed E-state index contributed by atoms with van der Waals surface area (Å²) in [4.78, 5) is 18.9. The molecule has 0 fully saturated rings. The average molecular weight is 371 g/mol. The quantitative estimate of drug-likeness (QED) is 0.634.